The Morgan fingerprint density at radius 2 is 1.00 bits per heavy atom. The summed E-state index contributed by atoms with van der Waals surface area (Å²) >= 11 is 0. The van der Waals surface area contributed by atoms with Crippen molar-refractivity contribution in [3.05, 3.63) is 78.4 Å². The largest absolute Gasteiger partial charge is 0.424 e. The summed E-state index contributed by atoms with van der Waals surface area (Å²) in [5.41, 5.74) is 5.26. The summed E-state index contributed by atoms with van der Waals surface area (Å²) in [7, 11) is 0. The predicted octanol–water partition coefficient (Wildman–Crippen LogP) is 7.15. The maximum Gasteiger partial charge on any atom is 0.328 e. The van der Waals surface area contributed by atoms with Gasteiger partial charge in [0.1, 0.15) is 5.75 Å². The molecule has 0 spiro atoms. The number of ether oxygens (including phenoxy) is 1. The minimum absolute atomic E-state index is 0.202. The van der Waals surface area contributed by atoms with Crippen LogP contribution in [0.3, 0.4) is 0 Å². The molecule has 38 heavy (non-hydrogen) atoms. The van der Waals surface area contributed by atoms with Gasteiger partial charge >= 0.3 is 6.01 Å². The molecule has 4 rings (SSSR count). The number of benzene rings is 3. The van der Waals surface area contributed by atoms with Crippen LogP contribution in [0.5, 0.6) is 11.8 Å². The molecule has 0 saturated carbocycles. The summed E-state index contributed by atoms with van der Waals surface area (Å²) in [6.07, 6.45) is 0. The van der Waals surface area contributed by atoms with Gasteiger partial charge in [-0.15, -0.1) is 0 Å². The number of nitrogens with one attached hydrogen (secondary N) is 2. The molecule has 8 heteroatoms. The Morgan fingerprint density at radius 1 is 0.579 bits per heavy atom. The molecule has 198 valence electrons. The zero-order valence-electron chi connectivity index (χ0n) is 22.9. The van der Waals surface area contributed by atoms with Gasteiger partial charge in [0.2, 0.25) is 11.9 Å². The van der Waals surface area contributed by atoms with Crippen molar-refractivity contribution in [3.8, 4) is 11.8 Å². The monoisotopic (exact) mass is 511 g/mol. The Hall–Kier alpha value is -4.33. The molecular formula is C30H37N7O. The quantitative estimate of drug-likeness (QED) is 0.208. The molecule has 0 radical (unpaired) electrons. The molecule has 1 aromatic heterocycles. The third-order valence-electron chi connectivity index (χ3n) is 6.35. The van der Waals surface area contributed by atoms with Crippen LogP contribution in [0.25, 0.3) is 0 Å². The molecule has 0 unspecified atom stereocenters. The fourth-order valence-electron chi connectivity index (χ4n) is 4.17. The van der Waals surface area contributed by atoms with Crippen LogP contribution in [-0.2, 0) is 0 Å². The molecule has 1 heterocycles. The SMILES string of the molecule is CCN(CC)c1ccc(Nc2nc(Nc3ccc(N(CC)CC)cc3)nc(Oc3ccc(C)cc3)n2)cc1. The van der Waals surface area contributed by atoms with Crippen molar-refractivity contribution < 1.29 is 4.74 Å². The highest BCUT2D eigenvalue weighted by atomic mass is 16.5. The number of nitrogens with zero attached hydrogens (tertiary/aromatic N) is 5. The second kappa shape index (κ2) is 12.8. The van der Waals surface area contributed by atoms with E-state index in [-0.39, 0.29) is 6.01 Å². The second-order valence-corrected chi connectivity index (χ2v) is 8.87. The summed E-state index contributed by atoms with van der Waals surface area (Å²) in [4.78, 5) is 18.3. The Bertz CT molecular complexity index is 1210. The van der Waals surface area contributed by atoms with Crippen molar-refractivity contribution in [2.75, 3.05) is 46.6 Å². The van der Waals surface area contributed by atoms with E-state index in [1.807, 2.05) is 55.5 Å². The third-order valence-corrected chi connectivity index (χ3v) is 6.35. The lowest BCUT2D eigenvalue weighted by molar-refractivity contribution is 0.441. The first-order valence-electron chi connectivity index (χ1n) is 13.3. The van der Waals surface area contributed by atoms with Gasteiger partial charge in [0.05, 0.1) is 0 Å². The third kappa shape index (κ3) is 6.91. The molecule has 0 bridgehead atoms. The van der Waals surface area contributed by atoms with Crippen molar-refractivity contribution in [2.45, 2.75) is 34.6 Å². The van der Waals surface area contributed by atoms with E-state index in [0.29, 0.717) is 17.6 Å². The molecule has 0 aliphatic rings. The van der Waals surface area contributed by atoms with Crippen molar-refractivity contribution >= 4 is 34.6 Å². The van der Waals surface area contributed by atoms with Gasteiger partial charge in [-0.25, -0.2) is 0 Å². The molecule has 0 amide bonds. The summed E-state index contributed by atoms with van der Waals surface area (Å²) in [6.45, 7) is 14.5. The Balaban J connectivity index is 1.59. The lowest BCUT2D eigenvalue weighted by Crippen LogP contribution is -2.21. The van der Waals surface area contributed by atoms with Crippen LogP contribution >= 0.6 is 0 Å². The minimum atomic E-state index is 0.202. The lowest BCUT2D eigenvalue weighted by atomic mass is 10.2. The number of rotatable bonds is 12. The molecule has 0 atom stereocenters. The summed E-state index contributed by atoms with van der Waals surface area (Å²) in [5, 5.41) is 6.60. The first kappa shape index (κ1) is 26.7. The number of aryl methyl sites for hydroxylation is 1. The predicted molar refractivity (Wildman–Crippen MR) is 158 cm³/mol. The highest BCUT2D eigenvalue weighted by molar-refractivity contribution is 5.62. The van der Waals surface area contributed by atoms with E-state index in [4.69, 9.17) is 4.74 Å². The number of hydrogen-bond donors (Lipinski definition) is 2. The van der Waals surface area contributed by atoms with Gasteiger partial charge in [-0.1, -0.05) is 17.7 Å². The van der Waals surface area contributed by atoms with Crippen LogP contribution in [0.4, 0.5) is 34.6 Å². The normalized spacial score (nSPS) is 10.7. The Labute approximate surface area is 225 Å². The Morgan fingerprint density at radius 3 is 1.39 bits per heavy atom. The fourth-order valence-corrected chi connectivity index (χ4v) is 4.17. The van der Waals surface area contributed by atoms with Crippen LogP contribution in [-0.4, -0.2) is 41.1 Å². The van der Waals surface area contributed by atoms with Gasteiger partial charge in [-0.05, 0) is 95.3 Å². The maximum atomic E-state index is 5.99. The highest BCUT2D eigenvalue weighted by Gasteiger charge is 2.11. The van der Waals surface area contributed by atoms with E-state index >= 15 is 0 Å². The fraction of sp³-hybridized carbons (Fsp3) is 0.300. The van der Waals surface area contributed by atoms with Gasteiger partial charge in [0, 0.05) is 48.9 Å². The lowest BCUT2D eigenvalue weighted by Gasteiger charge is -2.21. The molecular weight excluding hydrogens is 474 g/mol. The summed E-state index contributed by atoms with van der Waals surface area (Å²) in [6, 6.07) is 24.5. The molecule has 2 N–H and O–H groups in total. The molecule has 0 saturated heterocycles. The smallest absolute Gasteiger partial charge is 0.328 e. The zero-order valence-corrected chi connectivity index (χ0v) is 22.9. The van der Waals surface area contributed by atoms with E-state index in [2.05, 4.69) is 87.3 Å². The van der Waals surface area contributed by atoms with Crippen molar-refractivity contribution in [3.63, 3.8) is 0 Å². The van der Waals surface area contributed by atoms with Crippen LogP contribution < -0.4 is 25.2 Å². The Kier molecular flexibility index (Phi) is 8.98. The maximum absolute atomic E-state index is 5.99. The first-order valence-corrected chi connectivity index (χ1v) is 13.3. The number of anilines is 6. The average molecular weight is 512 g/mol. The highest BCUT2D eigenvalue weighted by Crippen LogP contribution is 2.26. The number of hydrogen-bond acceptors (Lipinski definition) is 8. The first-order chi connectivity index (χ1) is 18.5. The standard InChI is InChI=1S/C30H37N7O/c1-6-36(7-2)25-16-12-23(13-17-25)31-28-33-29(32-24-14-18-26(19-15-24)37(8-3)9-4)35-30(34-28)38-27-20-10-22(5)11-21-27/h10-21H,6-9H2,1-5H3,(H2,31,32,33,34,35). The topological polar surface area (TPSA) is 78.4 Å². The van der Waals surface area contributed by atoms with Gasteiger partial charge in [-0.2, -0.15) is 15.0 Å². The minimum Gasteiger partial charge on any atom is -0.424 e. The average Bonchev–Trinajstić information content (AvgIpc) is 2.93. The summed E-state index contributed by atoms with van der Waals surface area (Å²) in [5.74, 6) is 1.44. The van der Waals surface area contributed by atoms with Crippen molar-refractivity contribution in [1.29, 1.82) is 0 Å². The van der Waals surface area contributed by atoms with Crippen LogP contribution in [0, 0.1) is 6.92 Å². The molecule has 3 aromatic carbocycles. The van der Waals surface area contributed by atoms with E-state index < -0.39 is 0 Å². The van der Waals surface area contributed by atoms with Crippen LogP contribution in [0.15, 0.2) is 72.8 Å². The van der Waals surface area contributed by atoms with E-state index in [1.54, 1.807) is 0 Å². The number of aromatic nitrogens is 3. The molecule has 0 fully saturated rings. The van der Waals surface area contributed by atoms with Gasteiger partial charge < -0.3 is 25.2 Å². The molecule has 4 aromatic rings. The molecule has 8 nitrogen and oxygen atoms in total. The van der Waals surface area contributed by atoms with Crippen molar-refractivity contribution in [2.24, 2.45) is 0 Å². The van der Waals surface area contributed by atoms with Crippen molar-refractivity contribution in [1.82, 2.24) is 15.0 Å². The zero-order chi connectivity index (χ0) is 26.9. The van der Waals surface area contributed by atoms with E-state index in [9.17, 15) is 0 Å². The second-order valence-electron chi connectivity index (χ2n) is 8.87. The van der Waals surface area contributed by atoms with Crippen LogP contribution in [0.1, 0.15) is 33.3 Å². The van der Waals surface area contributed by atoms with Gasteiger partial charge in [-0.3, -0.25) is 0 Å². The molecule has 0 aliphatic heterocycles. The van der Waals surface area contributed by atoms with Gasteiger partial charge in [0.25, 0.3) is 0 Å². The summed E-state index contributed by atoms with van der Waals surface area (Å²) < 4.78 is 5.99. The van der Waals surface area contributed by atoms with Crippen LogP contribution in [0.2, 0.25) is 0 Å². The van der Waals surface area contributed by atoms with Gasteiger partial charge in [0.15, 0.2) is 0 Å². The molecule has 0 aliphatic carbocycles. The van der Waals surface area contributed by atoms with E-state index in [0.717, 1.165) is 43.1 Å². The van der Waals surface area contributed by atoms with E-state index in [1.165, 1.54) is 11.4 Å².